The van der Waals surface area contributed by atoms with Crippen LogP contribution in [0.2, 0.25) is 0 Å². The number of aromatic nitrogens is 3. The fourth-order valence-electron chi connectivity index (χ4n) is 6.65. The van der Waals surface area contributed by atoms with Crippen molar-refractivity contribution in [1.29, 1.82) is 0 Å². The number of carbonyl (C=O) groups is 1. The molecule has 0 saturated heterocycles. The summed E-state index contributed by atoms with van der Waals surface area (Å²) in [5.41, 5.74) is 2.97. The number of carbonyl (C=O) groups excluding carboxylic acids is 1. The Morgan fingerprint density at radius 2 is 1.75 bits per heavy atom. The SMILES string of the molecule is CCCCCc1ccc(C#Cc2cn(CC(=O)NC34CC5CC(CC(C5)C3)C4)nn2)cc1. The molecule has 6 rings (SSSR count). The number of hydrogen-bond donors (Lipinski definition) is 1. The average Bonchev–Trinajstić information content (AvgIpc) is 3.19. The Morgan fingerprint density at radius 3 is 2.41 bits per heavy atom. The van der Waals surface area contributed by atoms with Crippen molar-refractivity contribution in [1.82, 2.24) is 20.3 Å². The number of rotatable bonds is 7. The quantitative estimate of drug-likeness (QED) is 0.520. The molecule has 5 nitrogen and oxygen atoms in total. The van der Waals surface area contributed by atoms with Gasteiger partial charge in [-0.2, -0.15) is 0 Å². The molecule has 1 aromatic heterocycles. The lowest BCUT2D eigenvalue weighted by atomic mass is 9.53. The molecule has 1 amide bonds. The van der Waals surface area contributed by atoms with E-state index in [1.165, 1.54) is 44.1 Å². The van der Waals surface area contributed by atoms with Gasteiger partial charge in [0.2, 0.25) is 5.91 Å². The van der Waals surface area contributed by atoms with Crippen molar-refractivity contribution in [3.63, 3.8) is 0 Å². The van der Waals surface area contributed by atoms with Crippen LogP contribution >= 0.6 is 0 Å². The third-order valence-electron chi connectivity index (χ3n) is 7.64. The highest BCUT2D eigenvalue weighted by molar-refractivity contribution is 5.76. The molecule has 1 heterocycles. The summed E-state index contributed by atoms with van der Waals surface area (Å²) in [4.78, 5) is 12.8. The lowest BCUT2D eigenvalue weighted by Gasteiger charge is -2.56. The lowest BCUT2D eigenvalue weighted by Crippen LogP contribution is -2.60. The summed E-state index contributed by atoms with van der Waals surface area (Å²) in [6, 6.07) is 8.45. The highest BCUT2D eigenvalue weighted by atomic mass is 16.2. The van der Waals surface area contributed by atoms with Gasteiger partial charge in [-0.15, -0.1) is 5.10 Å². The van der Waals surface area contributed by atoms with Crippen LogP contribution in [0.3, 0.4) is 0 Å². The largest absolute Gasteiger partial charge is 0.349 e. The molecule has 1 N–H and O–H groups in total. The highest BCUT2D eigenvalue weighted by Crippen LogP contribution is 2.55. The second-order valence-corrected chi connectivity index (χ2v) is 10.5. The third kappa shape index (κ3) is 4.90. The van der Waals surface area contributed by atoms with Gasteiger partial charge < -0.3 is 5.32 Å². The number of aryl methyl sites for hydroxylation is 1. The Labute approximate surface area is 191 Å². The molecule has 5 heteroatoms. The van der Waals surface area contributed by atoms with Crippen LogP contribution in [0.25, 0.3) is 0 Å². The molecule has 0 radical (unpaired) electrons. The van der Waals surface area contributed by atoms with Crippen LogP contribution in [-0.4, -0.2) is 26.4 Å². The highest BCUT2D eigenvalue weighted by Gasteiger charge is 2.51. The molecule has 0 spiro atoms. The zero-order valence-electron chi connectivity index (χ0n) is 19.1. The van der Waals surface area contributed by atoms with Gasteiger partial charge in [0.25, 0.3) is 0 Å². The van der Waals surface area contributed by atoms with E-state index in [1.807, 2.05) is 0 Å². The molecule has 4 aliphatic carbocycles. The summed E-state index contributed by atoms with van der Waals surface area (Å²) in [5.74, 6) is 8.75. The Balaban J connectivity index is 1.15. The van der Waals surface area contributed by atoms with Gasteiger partial charge in [-0.1, -0.05) is 43.0 Å². The van der Waals surface area contributed by atoms with Crippen LogP contribution in [-0.2, 0) is 17.8 Å². The van der Waals surface area contributed by atoms with Crippen molar-refractivity contribution in [2.45, 2.75) is 83.2 Å². The van der Waals surface area contributed by atoms with Gasteiger partial charge in [-0.3, -0.25) is 4.79 Å². The van der Waals surface area contributed by atoms with Crippen molar-refractivity contribution in [2.75, 3.05) is 0 Å². The fraction of sp³-hybridized carbons (Fsp3) is 0.593. The minimum absolute atomic E-state index is 0.0394. The van der Waals surface area contributed by atoms with E-state index in [9.17, 15) is 4.79 Å². The predicted molar refractivity (Wildman–Crippen MR) is 125 cm³/mol. The summed E-state index contributed by atoms with van der Waals surface area (Å²) < 4.78 is 1.61. The summed E-state index contributed by atoms with van der Waals surface area (Å²) in [6.45, 7) is 2.44. The van der Waals surface area contributed by atoms with Gasteiger partial charge >= 0.3 is 0 Å². The predicted octanol–water partition coefficient (Wildman–Crippen LogP) is 4.50. The van der Waals surface area contributed by atoms with E-state index in [-0.39, 0.29) is 18.0 Å². The first-order chi connectivity index (χ1) is 15.6. The van der Waals surface area contributed by atoms with Crippen molar-refractivity contribution < 1.29 is 4.79 Å². The summed E-state index contributed by atoms with van der Waals surface area (Å²) >= 11 is 0. The van der Waals surface area contributed by atoms with Crippen molar-refractivity contribution >= 4 is 5.91 Å². The number of nitrogens with zero attached hydrogens (tertiary/aromatic N) is 3. The fourth-order valence-corrected chi connectivity index (χ4v) is 6.65. The van der Waals surface area contributed by atoms with Gasteiger partial charge in [0.05, 0.1) is 6.20 Å². The molecule has 0 atom stereocenters. The van der Waals surface area contributed by atoms with Gasteiger partial charge in [0.1, 0.15) is 6.54 Å². The van der Waals surface area contributed by atoms with E-state index in [0.717, 1.165) is 49.0 Å². The number of nitrogens with one attached hydrogen (secondary N) is 1. The minimum atomic E-state index is 0.0394. The molecular formula is C27H34N4O. The van der Waals surface area contributed by atoms with E-state index in [1.54, 1.807) is 10.9 Å². The van der Waals surface area contributed by atoms with Crippen molar-refractivity contribution in [3.05, 3.63) is 47.3 Å². The average molecular weight is 431 g/mol. The standard InChI is InChI=1S/C27H34N4O/c1-2-3-4-5-20-6-8-21(9-7-20)10-11-25-18-31(30-29-25)19-26(32)28-27-15-22-12-23(16-27)14-24(13-22)17-27/h6-9,18,22-24H,2-5,12-17,19H2,1H3,(H,28,32). The smallest absolute Gasteiger partial charge is 0.242 e. The number of unbranched alkanes of at least 4 members (excludes halogenated alkanes) is 2. The molecular weight excluding hydrogens is 396 g/mol. The van der Waals surface area contributed by atoms with Crippen LogP contribution in [0.1, 0.15) is 81.5 Å². The van der Waals surface area contributed by atoms with Crippen LogP contribution in [0.5, 0.6) is 0 Å². The third-order valence-corrected chi connectivity index (χ3v) is 7.64. The molecule has 4 fully saturated rings. The monoisotopic (exact) mass is 430 g/mol. The molecule has 1 aromatic carbocycles. The molecule has 4 aliphatic rings. The molecule has 0 aliphatic heterocycles. The maximum absolute atomic E-state index is 12.8. The maximum atomic E-state index is 12.8. The first-order valence-corrected chi connectivity index (χ1v) is 12.4. The minimum Gasteiger partial charge on any atom is -0.349 e. The molecule has 4 bridgehead atoms. The Morgan fingerprint density at radius 1 is 1.06 bits per heavy atom. The Hall–Kier alpha value is -2.61. The Bertz CT molecular complexity index is 975. The molecule has 168 valence electrons. The first kappa shape index (κ1) is 21.2. The molecule has 32 heavy (non-hydrogen) atoms. The van der Waals surface area contributed by atoms with Crippen LogP contribution in [0.15, 0.2) is 30.5 Å². The van der Waals surface area contributed by atoms with E-state index < -0.39 is 0 Å². The second-order valence-electron chi connectivity index (χ2n) is 10.5. The van der Waals surface area contributed by atoms with Crippen molar-refractivity contribution in [2.24, 2.45) is 17.8 Å². The van der Waals surface area contributed by atoms with Gasteiger partial charge in [0, 0.05) is 11.1 Å². The zero-order chi connectivity index (χ0) is 22.0. The van der Waals surface area contributed by atoms with E-state index in [2.05, 4.69) is 58.7 Å². The normalized spacial score (nSPS) is 27.7. The van der Waals surface area contributed by atoms with E-state index in [4.69, 9.17) is 0 Å². The number of amides is 1. The molecule has 0 unspecified atom stereocenters. The van der Waals surface area contributed by atoms with Crippen LogP contribution in [0.4, 0.5) is 0 Å². The molecule has 2 aromatic rings. The number of benzene rings is 1. The van der Waals surface area contributed by atoms with Crippen LogP contribution < -0.4 is 5.32 Å². The summed E-state index contributed by atoms with van der Waals surface area (Å²) in [7, 11) is 0. The second kappa shape index (κ2) is 9.10. The van der Waals surface area contributed by atoms with Gasteiger partial charge in [-0.05, 0) is 92.7 Å². The summed E-state index contributed by atoms with van der Waals surface area (Å²) in [5, 5.41) is 11.7. The van der Waals surface area contributed by atoms with Gasteiger partial charge in [0.15, 0.2) is 5.69 Å². The van der Waals surface area contributed by atoms with Crippen LogP contribution in [0, 0.1) is 29.6 Å². The summed E-state index contributed by atoms with van der Waals surface area (Å²) in [6.07, 6.45) is 14.3. The zero-order valence-corrected chi connectivity index (χ0v) is 19.1. The Kier molecular flexibility index (Phi) is 6.04. The van der Waals surface area contributed by atoms with E-state index in [0.29, 0.717) is 5.69 Å². The maximum Gasteiger partial charge on any atom is 0.242 e. The van der Waals surface area contributed by atoms with E-state index >= 15 is 0 Å². The van der Waals surface area contributed by atoms with Crippen molar-refractivity contribution in [3.8, 4) is 11.8 Å². The topological polar surface area (TPSA) is 59.8 Å². The van der Waals surface area contributed by atoms with Gasteiger partial charge in [-0.25, -0.2) is 4.68 Å². The lowest BCUT2D eigenvalue weighted by molar-refractivity contribution is -0.127. The number of hydrogen-bond acceptors (Lipinski definition) is 3. The first-order valence-electron chi connectivity index (χ1n) is 12.4. The molecule has 4 saturated carbocycles.